The smallest absolute Gasteiger partial charge is 0.186 e. The number of carbonyl (C=O) groups is 3. The number of carbonyl (C=O) groups excluding carboxylic acids is 3. The van der Waals surface area contributed by atoms with Crippen LogP contribution in [0.2, 0.25) is 0 Å². The van der Waals surface area contributed by atoms with Gasteiger partial charge in [0.05, 0.1) is 18.2 Å². The lowest BCUT2D eigenvalue weighted by atomic mass is 9.65. The van der Waals surface area contributed by atoms with Gasteiger partial charge >= 0.3 is 0 Å². The fraction of sp³-hybridized carbons (Fsp3) is 0.156. The fourth-order valence-electron chi connectivity index (χ4n) is 6.62. The number of furan rings is 1. The quantitative estimate of drug-likeness (QED) is 0.267. The van der Waals surface area contributed by atoms with Crippen LogP contribution in [0.1, 0.15) is 53.9 Å². The number of benzene rings is 3. The highest BCUT2D eigenvalue weighted by Crippen LogP contribution is 2.61. The van der Waals surface area contributed by atoms with E-state index in [0.717, 1.165) is 16.8 Å². The Kier molecular flexibility index (Phi) is 4.55. The van der Waals surface area contributed by atoms with Crippen molar-refractivity contribution in [3.05, 3.63) is 131 Å². The topological polar surface area (TPSA) is 67.6 Å². The van der Waals surface area contributed by atoms with Gasteiger partial charge in [0.25, 0.3) is 0 Å². The highest BCUT2D eigenvalue weighted by molar-refractivity contribution is 6.32. The molecule has 3 aliphatic rings. The lowest BCUT2D eigenvalue weighted by Crippen LogP contribution is -2.48. The number of ketones is 3. The molecule has 180 valence electrons. The molecule has 1 saturated heterocycles. The van der Waals surface area contributed by atoms with Crippen molar-refractivity contribution in [2.75, 3.05) is 4.90 Å². The summed E-state index contributed by atoms with van der Waals surface area (Å²) in [6, 6.07) is 24.2. The Labute approximate surface area is 214 Å². The van der Waals surface area contributed by atoms with Gasteiger partial charge in [0.15, 0.2) is 17.3 Å². The molecule has 0 N–H and O–H groups in total. The van der Waals surface area contributed by atoms with E-state index in [0.29, 0.717) is 22.5 Å². The number of hydrogen-bond acceptors (Lipinski definition) is 5. The molecule has 3 atom stereocenters. The second-order valence-electron chi connectivity index (χ2n) is 10.0. The van der Waals surface area contributed by atoms with E-state index in [9.17, 15) is 14.4 Å². The molecule has 0 saturated carbocycles. The van der Waals surface area contributed by atoms with Crippen LogP contribution in [0.3, 0.4) is 0 Å². The Bertz CT molecular complexity index is 1580. The van der Waals surface area contributed by atoms with Gasteiger partial charge in [-0.2, -0.15) is 0 Å². The maximum absolute atomic E-state index is 14.4. The first-order valence-corrected chi connectivity index (χ1v) is 12.4. The van der Waals surface area contributed by atoms with E-state index in [1.807, 2.05) is 60.4 Å². The van der Waals surface area contributed by atoms with Crippen LogP contribution < -0.4 is 4.90 Å². The van der Waals surface area contributed by atoms with Gasteiger partial charge in [-0.05, 0) is 36.2 Å². The highest BCUT2D eigenvalue weighted by atomic mass is 16.3. The second kappa shape index (κ2) is 7.74. The number of hydrogen-bond donors (Lipinski definition) is 0. The Hall–Kier alpha value is -4.51. The molecule has 0 radical (unpaired) electrons. The number of anilines is 1. The summed E-state index contributed by atoms with van der Waals surface area (Å²) in [6.07, 6.45) is 5.43. The van der Waals surface area contributed by atoms with Crippen LogP contribution in [0.15, 0.2) is 102 Å². The first kappa shape index (κ1) is 21.7. The number of fused-ring (bicyclic) bond motifs is 5. The summed E-state index contributed by atoms with van der Waals surface area (Å²) in [6.45, 7) is 2.00. The summed E-state index contributed by atoms with van der Waals surface area (Å²) in [4.78, 5) is 45.3. The molecule has 7 rings (SSSR count). The zero-order chi connectivity index (χ0) is 25.3. The highest BCUT2D eigenvalue weighted by Gasteiger charge is 2.72. The average Bonchev–Trinajstić information content (AvgIpc) is 3.62. The Morgan fingerprint density at radius 1 is 0.865 bits per heavy atom. The van der Waals surface area contributed by atoms with Crippen LogP contribution in [0.5, 0.6) is 0 Å². The first-order valence-electron chi connectivity index (χ1n) is 12.4. The van der Waals surface area contributed by atoms with E-state index in [2.05, 4.69) is 0 Å². The van der Waals surface area contributed by atoms with Crippen LogP contribution in [-0.2, 0) is 0 Å². The van der Waals surface area contributed by atoms with Crippen LogP contribution in [0.25, 0.3) is 6.08 Å². The molecule has 1 fully saturated rings. The summed E-state index contributed by atoms with van der Waals surface area (Å²) >= 11 is 0. The van der Waals surface area contributed by atoms with Crippen LogP contribution >= 0.6 is 0 Å². The lowest BCUT2D eigenvalue weighted by molar-refractivity contribution is 0.0652. The van der Waals surface area contributed by atoms with Crippen molar-refractivity contribution in [2.45, 2.75) is 24.9 Å². The van der Waals surface area contributed by atoms with Gasteiger partial charge in [0.2, 0.25) is 0 Å². The Morgan fingerprint density at radius 3 is 2.24 bits per heavy atom. The minimum absolute atomic E-state index is 0.150. The van der Waals surface area contributed by atoms with Crippen molar-refractivity contribution < 1.29 is 18.8 Å². The molecule has 1 aromatic heterocycles. The predicted octanol–water partition coefficient (Wildman–Crippen LogP) is 5.90. The lowest BCUT2D eigenvalue weighted by Gasteiger charge is -2.37. The van der Waals surface area contributed by atoms with Crippen molar-refractivity contribution >= 4 is 29.1 Å². The molecule has 1 spiro atoms. The first-order chi connectivity index (χ1) is 18.0. The molecule has 5 heteroatoms. The largest absolute Gasteiger partial charge is 0.469 e. The number of nitrogens with zero attached hydrogens (tertiary/aromatic N) is 1. The molecule has 0 bridgehead atoms. The van der Waals surface area contributed by atoms with E-state index >= 15 is 0 Å². The third-order valence-corrected chi connectivity index (χ3v) is 8.14. The predicted molar refractivity (Wildman–Crippen MR) is 140 cm³/mol. The average molecular weight is 486 g/mol. The number of Topliss-reactive ketones (excluding diaryl/α,β-unsaturated/α-hetero) is 3. The van der Waals surface area contributed by atoms with Gasteiger partial charge in [-0.3, -0.25) is 14.4 Å². The summed E-state index contributed by atoms with van der Waals surface area (Å²) < 4.78 is 5.93. The van der Waals surface area contributed by atoms with E-state index in [1.165, 1.54) is 6.26 Å². The van der Waals surface area contributed by atoms with E-state index in [1.54, 1.807) is 48.5 Å². The summed E-state index contributed by atoms with van der Waals surface area (Å²) in [5.41, 5.74) is 2.61. The van der Waals surface area contributed by atoms with Crippen LogP contribution in [-0.4, -0.2) is 29.4 Å². The second-order valence-corrected chi connectivity index (χ2v) is 10.0. The monoisotopic (exact) mass is 485 g/mol. The third kappa shape index (κ3) is 2.77. The molecule has 37 heavy (non-hydrogen) atoms. The van der Waals surface area contributed by atoms with Gasteiger partial charge in [0, 0.05) is 22.4 Å². The standard InChI is InChI=1S/C32H23NO4/c1-19-13-14-20-15-16-26-32(30(35)22-10-5-6-11-23(22)31(32)36)27(25-12-7-17-37-25)28(33(26)24(20)18-19)29(34)21-8-3-2-4-9-21/h2-18,26-28H,1H3/t26?,27-,28+/m0/s1. The molecular weight excluding hydrogens is 462 g/mol. The molecule has 5 nitrogen and oxygen atoms in total. The molecule has 3 aromatic carbocycles. The molecule has 4 aromatic rings. The molecule has 1 unspecified atom stereocenters. The van der Waals surface area contributed by atoms with Gasteiger partial charge in [-0.15, -0.1) is 0 Å². The Morgan fingerprint density at radius 2 is 1.57 bits per heavy atom. The van der Waals surface area contributed by atoms with Gasteiger partial charge in [-0.1, -0.05) is 78.9 Å². The third-order valence-electron chi connectivity index (χ3n) is 8.14. The summed E-state index contributed by atoms with van der Waals surface area (Å²) in [5.74, 6) is -1.02. The van der Waals surface area contributed by atoms with Gasteiger partial charge in [-0.25, -0.2) is 0 Å². The van der Waals surface area contributed by atoms with Crippen molar-refractivity contribution in [1.82, 2.24) is 0 Å². The summed E-state index contributed by atoms with van der Waals surface area (Å²) in [5, 5.41) is 0. The number of rotatable bonds is 3. The summed E-state index contributed by atoms with van der Waals surface area (Å²) in [7, 11) is 0. The normalized spacial score (nSPS) is 22.7. The minimum Gasteiger partial charge on any atom is -0.469 e. The number of aryl methyl sites for hydroxylation is 1. The molecule has 1 aliphatic carbocycles. The fourth-order valence-corrected chi connectivity index (χ4v) is 6.62. The molecule has 2 aliphatic heterocycles. The molecular formula is C32H23NO4. The SMILES string of the molecule is Cc1ccc2c(c1)N1C(C=C2)C2(C(=O)c3ccccc3C2=O)[C@@H](c2ccco2)[C@@H]1C(=O)c1ccccc1. The van der Waals surface area contributed by atoms with E-state index in [4.69, 9.17) is 4.42 Å². The van der Waals surface area contributed by atoms with Crippen LogP contribution in [0.4, 0.5) is 5.69 Å². The van der Waals surface area contributed by atoms with Crippen LogP contribution in [0, 0.1) is 12.3 Å². The Balaban J connectivity index is 1.55. The van der Waals surface area contributed by atoms with Crippen molar-refractivity contribution in [2.24, 2.45) is 5.41 Å². The molecule has 0 amide bonds. The minimum atomic E-state index is -1.53. The van der Waals surface area contributed by atoms with Gasteiger partial charge < -0.3 is 9.32 Å². The van der Waals surface area contributed by atoms with Gasteiger partial charge in [0.1, 0.15) is 17.2 Å². The maximum Gasteiger partial charge on any atom is 0.186 e. The molecule has 3 heterocycles. The maximum atomic E-state index is 14.4. The van der Waals surface area contributed by atoms with Crippen molar-refractivity contribution in [3.63, 3.8) is 0 Å². The zero-order valence-corrected chi connectivity index (χ0v) is 20.1. The van der Waals surface area contributed by atoms with E-state index in [-0.39, 0.29) is 17.3 Å². The van der Waals surface area contributed by atoms with Crippen molar-refractivity contribution in [1.29, 1.82) is 0 Å². The zero-order valence-electron chi connectivity index (χ0n) is 20.1. The van der Waals surface area contributed by atoms with Crippen molar-refractivity contribution in [3.8, 4) is 0 Å². The van der Waals surface area contributed by atoms with E-state index < -0.39 is 23.4 Å².